The van der Waals surface area contributed by atoms with E-state index >= 15 is 0 Å². The first kappa shape index (κ1) is 12.7. The van der Waals surface area contributed by atoms with Crippen molar-refractivity contribution >= 4 is 5.91 Å². The third-order valence-corrected chi connectivity index (χ3v) is 2.18. The highest BCUT2D eigenvalue weighted by Gasteiger charge is 2.07. The van der Waals surface area contributed by atoms with Gasteiger partial charge in [0, 0.05) is 6.04 Å². The highest BCUT2D eigenvalue weighted by Crippen LogP contribution is 2.07. The second-order valence-electron chi connectivity index (χ2n) is 4.06. The molecule has 0 aliphatic heterocycles. The standard InChI is InChI=1S/C11H19N3O2/c1-7(2)12-5-10(15)13-6-11-14-8(3)9(4)16-11/h7,12H,5-6H2,1-4H3,(H,13,15). The molecule has 1 amide bonds. The summed E-state index contributed by atoms with van der Waals surface area (Å²) in [6.45, 7) is 8.38. The minimum atomic E-state index is -0.0535. The predicted molar refractivity (Wildman–Crippen MR) is 61.0 cm³/mol. The van der Waals surface area contributed by atoms with Gasteiger partial charge < -0.3 is 15.1 Å². The van der Waals surface area contributed by atoms with E-state index in [1.54, 1.807) is 0 Å². The Labute approximate surface area is 95.6 Å². The molecule has 16 heavy (non-hydrogen) atoms. The number of amides is 1. The van der Waals surface area contributed by atoms with Crippen molar-refractivity contribution in [1.29, 1.82) is 0 Å². The molecule has 0 spiro atoms. The van der Waals surface area contributed by atoms with Crippen LogP contribution in [0, 0.1) is 13.8 Å². The zero-order chi connectivity index (χ0) is 12.1. The first-order valence-electron chi connectivity index (χ1n) is 5.42. The fourth-order valence-electron chi connectivity index (χ4n) is 1.15. The van der Waals surface area contributed by atoms with Crippen LogP contribution >= 0.6 is 0 Å². The van der Waals surface area contributed by atoms with Gasteiger partial charge in [-0.25, -0.2) is 4.98 Å². The molecule has 0 bridgehead atoms. The molecule has 0 aliphatic rings. The topological polar surface area (TPSA) is 67.2 Å². The summed E-state index contributed by atoms with van der Waals surface area (Å²) in [6, 6.07) is 0.303. The molecular weight excluding hydrogens is 206 g/mol. The Hall–Kier alpha value is -1.36. The zero-order valence-electron chi connectivity index (χ0n) is 10.3. The number of hydrogen-bond acceptors (Lipinski definition) is 4. The summed E-state index contributed by atoms with van der Waals surface area (Å²) < 4.78 is 5.34. The summed E-state index contributed by atoms with van der Waals surface area (Å²) in [5.41, 5.74) is 0.865. The number of nitrogens with zero attached hydrogens (tertiary/aromatic N) is 1. The van der Waals surface area contributed by atoms with Crippen molar-refractivity contribution in [3.63, 3.8) is 0 Å². The second-order valence-corrected chi connectivity index (χ2v) is 4.06. The molecule has 5 nitrogen and oxygen atoms in total. The highest BCUT2D eigenvalue weighted by molar-refractivity contribution is 5.77. The predicted octanol–water partition coefficient (Wildman–Crippen LogP) is 0.906. The van der Waals surface area contributed by atoms with E-state index in [0.29, 0.717) is 25.0 Å². The molecule has 0 fully saturated rings. The van der Waals surface area contributed by atoms with Crippen LogP contribution < -0.4 is 10.6 Å². The molecule has 0 unspecified atom stereocenters. The molecule has 0 atom stereocenters. The average molecular weight is 225 g/mol. The minimum Gasteiger partial charge on any atom is -0.444 e. The molecular formula is C11H19N3O2. The largest absolute Gasteiger partial charge is 0.444 e. The van der Waals surface area contributed by atoms with Crippen molar-refractivity contribution in [1.82, 2.24) is 15.6 Å². The van der Waals surface area contributed by atoms with E-state index in [4.69, 9.17) is 4.42 Å². The number of rotatable bonds is 5. The van der Waals surface area contributed by atoms with Gasteiger partial charge >= 0.3 is 0 Å². The van der Waals surface area contributed by atoms with Gasteiger partial charge in [0.1, 0.15) is 5.76 Å². The van der Waals surface area contributed by atoms with E-state index < -0.39 is 0 Å². The van der Waals surface area contributed by atoms with Crippen molar-refractivity contribution in [2.45, 2.75) is 40.3 Å². The fraction of sp³-hybridized carbons (Fsp3) is 0.636. The second kappa shape index (κ2) is 5.65. The summed E-state index contributed by atoms with van der Waals surface area (Å²) in [7, 11) is 0. The lowest BCUT2D eigenvalue weighted by Gasteiger charge is -2.07. The van der Waals surface area contributed by atoms with E-state index in [9.17, 15) is 4.79 Å². The Morgan fingerprint density at radius 2 is 2.12 bits per heavy atom. The van der Waals surface area contributed by atoms with Gasteiger partial charge in [0.15, 0.2) is 0 Å². The van der Waals surface area contributed by atoms with Crippen LogP contribution in [0.1, 0.15) is 31.2 Å². The van der Waals surface area contributed by atoms with Gasteiger partial charge in [-0.2, -0.15) is 0 Å². The summed E-state index contributed by atoms with van der Waals surface area (Å²) >= 11 is 0. The molecule has 5 heteroatoms. The van der Waals surface area contributed by atoms with Crippen molar-refractivity contribution in [3.8, 4) is 0 Å². The maximum absolute atomic E-state index is 11.4. The van der Waals surface area contributed by atoms with Crippen molar-refractivity contribution in [2.75, 3.05) is 6.54 Å². The molecule has 1 heterocycles. The Kier molecular flexibility index (Phi) is 4.49. The summed E-state index contributed by atoms with van der Waals surface area (Å²) in [5, 5.41) is 5.77. The summed E-state index contributed by atoms with van der Waals surface area (Å²) in [6.07, 6.45) is 0. The van der Waals surface area contributed by atoms with E-state index in [1.165, 1.54) is 0 Å². The van der Waals surface area contributed by atoms with Gasteiger partial charge in [-0.3, -0.25) is 4.79 Å². The van der Waals surface area contributed by atoms with Crippen molar-refractivity contribution < 1.29 is 9.21 Å². The van der Waals surface area contributed by atoms with Gasteiger partial charge in [0.05, 0.1) is 18.8 Å². The van der Waals surface area contributed by atoms with Gasteiger partial charge in [-0.05, 0) is 13.8 Å². The number of carbonyl (C=O) groups excluding carboxylic acids is 1. The van der Waals surface area contributed by atoms with E-state index in [0.717, 1.165) is 11.5 Å². The molecule has 0 aromatic carbocycles. The molecule has 0 radical (unpaired) electrons. The average Bonchev–Trinajstić information content (AvgIpc) is 2.52. The quantitative estimate of drug-likeness (QED) is 0.781. The minimum absolute atomic E-state index is 0.0535. The number of nitrogens with one attached hydrogen (secondary N) is 2. The van der Waals surface area contributed by atoms with Crippen LogP contribution in [-0.4, -0.2) is 23.5 Å². The van der Waals surface area contributed by atoms with E-state index in [1.807, 2.05) is 27.7 Å². The molecule has 0 aliphatic carbocycles. The Morgan fingerprint density at radius 1 is 1.44 bits per heavy atom. The third-order valence-electron chi connectivity index (χ3n) is 2.18. The number of hydrogen-bond donors (Lipinski definition) is 2. The van der Waals surface area contributed by atoms with Crippen LogP contribution in [0.5, 0.6) is 0 Å². The molecule has 1 rings (SSSR count). The van der Waals surface area contributed by atoms with Gasteiger partial charge in [0.2, 0.25) is 11.8 Å². The smallest absolute Gasteiger partial charge is 0.234 e. The number of oxazole rings is 1. The summed E-state index contributed by atoms with van der Waals surface area (Å²) in [5.74, 6) is 1.29. The van der Waals surface area contributed by atoms with Crippen LogP contribution in [0.15, 0.2) is 4.42 Å². The van der Waals surface area contributed by atoms with Crippen LogP contribution in [0.3, 0.4) is 0 Å². The van der Waals surface area contributed by atoms with Gasteiger partial charge in [-0.1, -0.05) is 13.8 Å². The molecule has 0 saturated carbocycles. The van der Waals surface area contributed by atoms with Crippen molar-refractivity contribution in [3.05, 3.63) is 17.3 Å². The van der Waals surface area contributed by atoms with E-state index in [-0.39, 0.29) is 5.91 Å². The molecule has 1 aromatic heterocycles. The molecule has 2 N–H and O–H groups in total. The highest BCUT2D eigenvalue weighted by atomic mass is 16.4. The van der Waals surface area contributed by atoms with Crippen LogP contribution in [0.25, 0.3) is 0 Å². The van der Waals surface area contributed by atoms with Crippen LogP contribution in [0.4, 0.5) is 0 Å². The Morgan fingerprint density at radius 3 is 2.62 bits per heavy atom. The zero-order valence-corrected chi connectivity index (χ0v) is 10.3. The Balaban J connectivity index is 2.31. The Bertz CT molecular complexity index is 339. The third kappa shape index (κ3) is 4.02. The monoisotopic (exact) mass is 225 g/mol. The SMILES string of the molecule is Cc1nc(CNC(=O)CNC(C)C)oc1C. The number of aromatic nitrogens is 1. The lowest BCUT2D eigenvalue weighted by atomic mass is 10.4. The maximum atomic E-state index is 11.4. The lowest BCUT2D eigenvalue weighted by molar-refractivity contribution is -0.120. The maximum Gasteiger partial charge on any atom is 0.234 e. The van der Waals surface area contributed by atoms with Crippen LogP contribution in [-0.2, 0) is 11.3 Å². The first-order chi connectivity index (χ1) is 7.49. The van der Waals surface area contributed by atoms with Crippen LogP contribution in [0.2, 0.25) is 0 Å². The lowest BCUT2D eigenvalue weighted by Crippen LogP contribution is -2.36. The molecule has 1 aromatic rings. The summed E-state index contributed by atoms with van der Waals surface area (Å²) in [4.78, 5) is 15.5. The van der Waals surface area contributed by atoms with E-state index in [2.05, 4.69) is 15.6 Å². The van der Waals surface area contributed by atoms with Gasteiger partial charge in [-0.15, -0.1) is 0 Å². The first-order valence-corrected chi connectivity index (χ1v) is 5.42. The number of aryl methyl sites for hydroxylation is 2. The molecule has 90 valence electrons. The fourth-order valence-corrected chi connectivity index (χ4v) is 1.15. The van der Waals surface area contributed by atoms with Crippen molar-refractivity contribution in [2.24, 2.45) is 0 Å². The van der Waals surface area contributed by atoms with Gasteiger partial charge in [0.25, 0.3) is 0 Å². The molecule has 0 saturated heterocycles. The number of carbonyl (C=O) groups is 1. The normalized spacial score (nSPS) is 10.8.